The normalized spacial score (nSPS) is 14.7. The van der Waals surface area contributed by atoms with Crippen LogP contribution in [0.2, 0.25) is 0 Å². The molecule has 2 heterocycles. The summed E-state index contributed by atoms with van der Waals surface area (Å²) in [7, 11) is 0. The number of nitrogens with zero attached hydrogens (tertiary/aromatic N) is 1. The minimum absolute atomic E-state index is 0.101. The van der Waals surface area contributed by atoms with Crippen molar-refractivity contribution in [2.75, 3.05) is 13.1 Å². The Morgan fingerprint density at radius 3 is 2.23 bits per heavy atom. The van der Waals surface area contributed by atoms with Crippen molar-refractivity contribution in [3.8, 4) is 22.8 Å². The summed E-state index contributed by atoms with van der Waals surface area (Å²) in [4.78, 5) is 16.3. The number of para-hydroxylation sites is 1. The molecule has 0 radical (unpaired) electrons. The van der Waals surface area contributed by atoms with Crippen molar-refractivity contribution in [1.82, 2.24) is 10.3 Å². The van der Waals surface area contributed by atoms with Crippen molar-refractivity contribution < 1.29 is 13.9 Å². The molecule has 0 spiro atoms. The Hall–Kier alpha value is -3.12. The summed E-state index contributed by atoms with van der Waals surface area (Å²) in [6.45, 7) is 9.71. The molecule has 6 heteroatoms. The maximum atomic E-state index is 11.8. The fourth-order valence-corrected chi connectivity index (χ4v) is 3.04. The van der Waals surface area contributed by atoms with Gasteiger partial charge in [-0.25, -0.2) is 4.98 Å². The lowest BCUT2D eigenvalue weighted by molar-refractivity contribution is 0.0972. The largest absolute Gasteiger partial charge is 0.457 e. The zero-order valence-corrected chi connectivity index (χ0v) is 18.1. The molecule has 2 aromatic carbocycles. The molecule has 160 valence electrons. The summed E-state index contributed by atoms with van der Waals surface area (Å²) in [5.74, 6) is 1.67. The third kappa shape index (κ3) is 5.70. The van der Waals surface area contributed by atoms with E-state index in [-0.39, 0.29) is 11.7 Å². The van der Waals surface area contributed by atoms with Gasteiger partial charge in [-0.05, 0) is 49.4 Å². The number of carbonyl (C=O) groups excluding carboxylic acids is 1. The van der Waals surface area contributed by atoms with Gasteiger partial charge in [0, 0.05) is 18.0 Å². The smallest absolute Gasteiger partial charge is 0.286 e. The lowest BCUT2D eigenvalue weighted by Gasteiger charge is -2.06. The van der Waals surface area contributed by atoms with Crippen LogP contribution in [0.25, 0.3) is 11.3 Å². The third-order valence-corrected chi connectivity index (χ3v) is 4.38. The third-order valence-electron chi connectivity index (χ3n) is 4.38. The van der Waals surface area contributed by atoms with Crippen molar-refractivity contribution in [1.29, 1.82) is 0 Å². The number of carbonyl (C=O) groups is 1. The number of oxazole rings is 1. The molecule has 1 aliphatic rings. The number of aromatic nitrogens is 1. The van der Waals surface area contributed by atoms with Gasteiger partial charge in [0.05, 0.1) is 0 Å². The van der Waals surface area contributed by atoms with Crippen LogP contribution in [0.5, 0.6) is 11.5 Å². The molecule has 1 fully saturated rings. The number of amides is 1. The van der Waals surface area contributed by atoms with E-state index in [0.29, 0.717) is 17.3 Å². The Labute approximate surface area is 178 Å². The topological polar surface area (TPSA) is 90.4 Å². The average molecular weight is 410 g/mol. The highest BCUT2D eigenvalue weighted by Crippen LogP contribution is 2.31. The van der Waals surface area contributed by atoms with Crippen LogP contribution in [0.4, 0.5) is 0 Å². The second-order valence-corrected chi connectivity index (χ2v) is 6.22. The number of ether oxygens (including phenoxy) is 1. The number of rotatable bonds is 5. The molecule has 6 nitrogen and oxygen atoms in total. The van der Waals surface area contributed by atoms with E-state index in [0.717, 1.165) is 30.8 Å². The second kappa shape index (κ2) is 11.8. The first kappa shape index (κ1) is 23.2. The first-order chi connectivity index (χ1) is 14.7. The highest BCUT2D eigenvalue weighted by molar-refractivity contribution is 5.96. The average Bonchev–Trinajstić information content (AvgIpc) is 3.48. The van der Waals surface area contributed by atoms with E-state index < -0.39 is 5.91 Å². The molecule has 30 heavy (non-hydrogen) atoms. The molecule has 1 atom stereocenters. The van der Waals surface area contributed by atoms with E-state index in [4.69, 9.17) is 14.9 Å². The number of nitrogens with two attached hydrogens (primary N) is 1. The zero-order chi connectivity index (χ0) is 21.9. The van der Waals surface area contributed by atoms with Gasteiger partial charge in [-0.15, -0.1) is 0 Å². The fourth-order valence-electron chi connectivity index (χ4n) is 3.04. The minimum Gasteiger partial charge on any atom is -0.457 e. The molecule has 3 N–H and O–H groups in total. The number of primary amides is 1. The molecule has 1 aliphatic heterocycles. The maximum Gasteiger partial charge on any atom is 0.286 e. The Kier molecular flexibility index (Phi) is 9.09. The van der Waals surface area contributed by atoms with Crippen molar-refractivity contribution in [3.05, 3.63) is 66.2 Å². The Morgan fingerprint density at radius 2 is 1.67 bits per heavy atom. The van der Waals surface area contributed by atoms with Gasteiger partial charge < -0.3 is 20.2 Å². The van der Waals surface area contributed by atoms with Gasteiger partial charge in [-0.3, -0.25) is 4.79 Å². The first-order valence-electron chi connectivity index (χ1n) is 10.6. The van der Waals surface area contributed by atoms with Crippen LogP contribution in [-0.4, -0.2) is 24.0 Å². The van der Waals surface area contributed by atoms with Crippen LogP contribution in [0.15, 0.2) is 59.0 Å². The number of nitrogens with one attached hydrogen (secondary N) is 1. The van der Waals surface area contributed by atoms with E-state index in [2.05, 4.69) is 10.3 Å². The molecule has 0 bridgehead atoms. The second-order valence-electron chi connectivity index (χ2n) is 6.22. The van der Waals surface area contributed by atoms with Crippen LogP contribution in [0, 0.1) is 0 Å². The Balaban J connectivity index is 0.000000757. The predicted octanol–water partition coefficient (Wildman–Crippen LogP) is 5.36. The van der Waals surface area contributed by atoms with E-state index in [1.807, 2.05) is 82.3 Å². The monoisotopic (exact) mass is 409 g/mol. The first-order valence-corrected chi connectivity index (χ1v) is 10.6. The molecule has 1 aromatic heterocycles. The molecule has 1 amide bonds. The van der Waals surface area contributed by atoms with Gasteiger partial charge >= 0.3 is 0 Å². The Bertz CT molecular complexity index is 899. The lowest BCUT2D eigenvalue weighted by atomic mass is 10.1. The van der Waals surface area contributed by atoms with Gasteiger partial charge in [0.15, 0.2) is 5.89 Å². The summed E-state index contributed by atoms with van der Waals surface area (Å²) in [5, 5.41) is 3.27. The maximum absolute atomic E-state index is 11.8. The van der Waals surface area contributed by atoms with Crippen molar-refractivity contribution in [2.24, 2.45) is 5.73 Å². The highest BCUT2D eigenvalue weighted by atomic mass is 16.5. The fraction of sp³-hybridized carbons (Fsp3) is 0.333. The summed E-state index contributed by atoms with van der Waals surface area (Å²) in [6, 6.07) is 16.9. The lowest BCUT2D eigenvalue weighted by Crippen LogP contribution is -2.11. The Morgan fingerprint density at radius 1 is 1.03 bits per heavy atom. The molecule has 4 rings (SSSR count). The van der Waals surface area contributed by atoms with E-state index in [1.165, 1.54) is 0 Å². The summed E-state index contributed by atoms with van der Waals surface area (Å²) in [5.41, 5.74) is 6.72. The standard InChI is InChI=1S/C20H19N3O3.2C2H6/c21-19(24)18-17(23-20(26-18)14-10-11-22-12-14)13-6-8-16(9-7-13)25-15-4-2-1-3-5-15;2*1-2/h1-9,14,22H,10-12H2,(H2,21,24);2*1-2H3. The van der Waals surface area contributed by atoms with Gasteiger partial charge in [-0.2, -0.15) is 0 Å². The van der Waals surface area contributed by atoms with E-state index in [9.17, 15) is 4.79 Å². The van der Waals surface area contributed by atoms with E-state index in [1.54, 1.807) is 0 Å². The highest BCUT2D eigenvalue weighted by Gasteiger charge is 2.26. The van der Waals surface area contributed by atoms with Gasteiger partial charge in [0.1, 0.15) is 17.2 Å². The number of hydrogen-bond acceptors (Lipinski definition) is 5. The number of hydrogen-bond donors (Lipinski definition) is 2. The summed E-state index contributed by atoms with van der Waals surface area (Å²) in [6.07, 6.45) is 0.933. The molecule has 1 unspecified atom stereocenters. The van der Waals surface area contributed by atoms with Gasteiger partial charge in [0.2, 0.25) is 5.76 Å². The molecule has 1 saturated heterocycles. The van der Waals surface area contributed by atoms with Crippen molar-refractivity contribution in [2.45, 2.75) is 40.0 Å². The van der Waals surface area contributed by atoms with Crippen LogP contribution in [0.3, 0.4) is 0 Å². The predicted molar refractivity (Wildman–Crippen MR) is 120 cm³/mol. The molecular weight excluding hydrogens is 378 g/mol. The van der Waals surface area contributed by atoms with Crippen LogP contribution in [-0.2, 0) is 0 Å². The van der Waals surface area contributed by atoms with Crippen LogP contribution >= 0.6 is 0 Å². The zero-order valence-electron chi connectivity index (χ0n) is 18.1. The number of benzene rings is 2. The van der Waals surface area contributed by atoms with Crippen molar-refractivity contribution >= 4 is 5.91 Å². The molecular formula is C24H31N3O3. The van der Waals surface area contributed by atoms with Crippen LogP contribution in [0.1, 0.15) is 56.5 Å². The van der Waals surface area contributed by atoms with Gasteiger partial charge in [0.25, 0.3) is 5.91 Å². The van der Waals surface area contributed by atoms with Crippen molar-refractivity contribution in [3.63, 3.8) is 0 Å². The molecule has 0 saturated carbocycles. The minimum atomic E-state index is -0.616. The quantitative estimate of drug-likeness (QED) is 0.592. The molecule has 0 aliphatic carbocycles. The summed E-state index contributed by atoms with van der Waals surface area (Å²) >= 11 is 0. The SMILES string of the molecule is CC.CC.NC(=O)c1oc(C2CCNC2)nc1-c1ccc(Oc2ccccc2)cc1. The van der Waals surface area contributed by atoms with Gasteiger partial charge in [-0.1, -0.05) is 45.9 Å². The summed E-state index contributed by atoms with van der Waals surface area (Å²) < 4.78 is 11.5. The molecule has 3 aromatic rings. The van der Waals surface area contributed by atoms with E-state index >= 15 is 0 Å². The van der Waals surface area contributed by atoms with Crippen LogP contribution < -0.4 is 15.8 Å².